The van der Waals surface area contributed by atoms with Crippen LogP contribution < -0.4 is 20.4 Å². The van der Waals surface area contributed by atoms with E-state index in [0.717, 1.165) is 40.6 Å². The Morgan fingerprint density at radius 3 is 2.21 bits per heavy atom. The van der Waals surface area contributed by atoms with Gasteiger partial charge in [-0.2, -0.15) is 0 Å². The Kier molecular flexibility index (Phi) is 7.33. The number of rotatable bonds is 5. The van der Waals surface area contributed by atoms with Gasteiger partial charge in [0.05, 0.1) is 15.6 Å². The second kappa shape index (κ2) is 12.9. The molecule has 0 fully saturated rings. The lowest BCUT2D eigenvalue weighted by Gasteiger charge is -2.24. The Morgan fingerprint density at radius 2 is 1.33 bits per heavy atom. The summed E-state index contributed by atoms with van der Waals surface area (Å²) in [4.78, 5) is 11.0. The topological polar surface area (TPSA) is 53.7 Å². The first-order valence-electron chi connectivity index (χ1n) is 19.2. The molecule has 0 bridgehead atoms. The van der Waals surface area contributed by atoms with Crippen LogP contribution >= 0.6 is 22.7 Å². The predicted molar refractivity (Wildman–Crippen MR) is 243 cm³/mol. The van der Waals surface area contributed by atoms with Gasteiger partial charge < -0.3 is 15.2 Å². The number of hydrogen-bond donors (Lipinski definition) is 2. The summed E-state index contributed by atoms with van der Waals surface area (Å²) in [5, 5.41) is 14.7. The van der Waals surface area contributed by atoms with Crippen molar-refractivity contribution in [3.63, 3.8) is 0 Å². The summed E-state index contributed by atoms with van der Waals surface area (Å²) in [5.74, 6) is 1.53. The van der Waals surface area contributed by atoms with Gasteiger partial charge in [-0.05, 0) is 46.7 Å². The van der Waals surface area contributed by atoms with Gasteiger partial charge >= 0.3 is 0 Å². The second-order valence-corrected chi connectivity index (χ2v) is 16.7. The highest BCUT2D eigenvalue weighted by Gasteiger charge is 2.26. The van der Waals surface area contributed by atoms with Crippen molar-refractivity contribution < 1.29 is 0 Å². The highest BCUT2D eigenvalue weighted by molar-refractivity contribution is 7.26. The predicted octanol–water partition coefficient (Wildman–Crippen LogP) is 10.7. The van der Waals surface area contributed by atoms with Crippen LogP contribution in [0.15, 0.2) is 168 Å². The average Bonchev–Trinajstić information content (AvgIpc) is 3.96. The zero-order valence-electron chi connectivity index (χ0n) is 30.6. The highest BCUT2D eigenvalue weighted by Crippen LogP contribution is 2.40. The van der Waals surface area contributed by atoms with Crippen molar-refractivity contribution >= 4 is 98.7 Å². The maximum atomic E-state index is 5.56. The Hall–Kier alpha value is -6.80. The van der Waals surface area contributed by atoms with E-state index in [-0.39, 0.29) is 6.17 Å². The molecule has 12 rings (SSSR count). The molecule has 0 spiro atoms. The van der Waals surface area contributed by atoms with Crippen LogP contribution in [0.5, 0.6) is 0 Å². The van der Waals surface area contributed by atoms with Crippen LogP contribution in [0, 0.1) is 0 Å². The zero-order chi connectivity index (χ0) is 37.5. The minimum Gasteiger partial charge on any atom is -0.386 e. The molecule has 2 N–H and O–H groups in total. The van der Waals surface area contributed by atoms with E-state index in [4.69, 9.17) is 9.98 Å². The normalized spacial score (nSPS) is 15.2. The van der Waals surface area contributed by atoms with E-state index in [9.17, 15) is 0 Å². The van der Waals surface area contributed by atoms with Gasteiger partial charge in [0.25, 0.3) is 0 Å². The Bertz CT molecular complexity index is 3440. The van der Waals surface area contributed by atoms with Gasteiger partial charge in [-0.3, -0.25) is 0 Å². The van der Waals surface area contributed by atoms with E-state index in [2.05, 4.69) is 185 Å². The molecule has 0 aliphatic carbocycles. The van der Waals surface area contributed by atoms with E-state index >= 15 is 0 Å². The third-order valence-corrected chi connectivity index (χ3v) is 13.7. The molecule has 5 heterocycles. The fourth-order valence-electron chi connectivity index (χ4n) is 8.66. The van der Waals surface area contributed by atoms with Gasteiger partial charge in [0.1, 0.15) is 12.0 Å². The molecule has 1 unspecified atom stereocenters. The first kappa shape index (κ1) is 32.4. The number of para-hydroxylation sites is 1. The number of aliphatic imine (C=N–C) groups is 2. The number of benzene rings is 7. The summed E-state index contributed by atoms with van der Waals surface area (Å²) in [6.45, 7) is 0.788. The van der Waals surface area contributed by atoms with E-state index in [0.29, 0.717) is 0 Å². The fraction of sp³-hybridized carbons (Fsp3) is 0.0400. The van der Waals surface area contributed by atoms with E-state index in [1.165, 1.54) is 72.9 Å². The van der Waals surface area contributed by atoms with Crippen LogP contribution in [0.4, 0.5) is 0 Å². The molecule has 57 heavy (non-hydrogen) atoms. The summed E-state index contributed by atoms with van der Waals surface area (Å²) in [6, 6.07) is 56.7. The van der Waals surface area contributed by atoms with Gasteiger partial charge in [-0.1, -0.05) is 133 Å². The number of thiophene rings is 2. The minimum absolute atomic E-state index is 0.348. The van der Waals surface area contributed by atoms with E-state index < -0.39 is 0 Å². The van der Waals surface area contributed by atoms with Crippen molar-refractivity contribution in [2.75, 3.05) is 6.54 Å². The SMILES string of the molecule is C1=c2sc3c(C4=NC(c5cccc6c5sc5ccccc56)NC(c5ccccc5)=N4)cc(-n4c5ccccc5c5ccc(-c6ccccc6)cc54)cc3c2=CCN1. The van der Waals surface area contributed by atoms with Crippen molar-refractivity contribution in [3.05, 3.63) is 184 Å². The van der Waals surface area contributed by atoms with Crippen LogP contribution in [0.3, 0.4) is 0 Å². The molecule has 5 nitrogen and oxygen atoms in total. The summed E-state index contributed by atoms with van der Waals surface area (Å²) >= 11 is 3.64. The molecule has 0 saturated heterocycles. The van der Waals surface area contributed by atoms with Gasteiger partial charge in [-0.15, -0.1) is 22.7 Å². The quantitative estimate of drug-likeness (QED) is 0.183. The lowest BCUT2D eigenvalue weighted by atomic mass is 10.0. The van der Waals surface area contributed by atoms with Gasteiger partial charge in [0, 0.05) is 76.2 Å². The molecular weight excluding hydrogens is 735 g/mol. The van der Waals surface area contributed by atoms with E-state index in [1.807, 2.05) is 11.3 Å². The average molecular weight is 768 g/mol. The van der Waals surface area contributed by atoms with Crippen LogP contribution in [-0.2, 0) is 0 Å². The Balaban J connectivity index is 1.14. The van der Waals surface area contributed by atoms with Crippen molar-refractivity contribution in [1.29, 1.82) is 0 Å². The zero-order valence-corrected chi connectivity index (χ0v) is 32.2. The molecule has 270 valence electrons. The smallest absolute Gasteiger partial charge is 0.160 e. The number of fused-ring (bicyclic) bond motifs is 9. The van der Waals surface area contributed by atoms with Crippen LogP contribution in [0.25, 0.3) is 81.2 Å². The molecule has 1 atom stereocenters. The summed E-state index contributed by atoms with van der Waals surface area (Å²) < 4.78 is 7.36. The van der Waals surface area contributed by atoms with Gasteiger partial charge in [-0.25, -0.2) is 9.98 Å². The summed E-state index contributed by atoms with van der Waals surface area (Å²) in [6.07, 6.45) is 4.12. The Labute approximate surface area is 335 Å². The molecule has 2 aliphatic rings. The number of aromatic nitrogens is 1. The third kappa shape index (κ3) is 5.20. The maximum absolute atomic E-state index is 5.56. The lowest BCUT2D eigenvalue weighted by molar-refractivity contribution is 0.680. The van der Waals surface area contributed by atoms with Crippen molar-refractivity contribution in [2.45, 2.75) is 6.17 Å². The first-order valence-corrected chi connectivity index (χ1v) is 20.9. The monoisotopic (exact) mass is 767 g/mol. The highest BCUT2D eigenvalue weighted by atomic mass is 32.1. The van der Waals surface area contributed by atoms with Crippen molar-refractivity contribution in [1.82, 2.24) is 15.2 Å². The molecular formula is C50H33N5S2. The van der Waals surface area contributed by atoms with Gasteiger partial charge in [0.2, 0.25) is 0 Å². The van der Waals surface area contributed by atoms with Gasteiger partial charge in [0.15, 0.2) is 5.84 Å². The van der Waals surface area contributed by atoms with Crippen molar-refractivity contribution in [3.8, 4) is 16.8 Å². The molecule has 7 heteroatoms. The molecule has 3 aromatic heterocycles. The minimum atomic E-state index is -0.348. The number of hydrogen-bond acceptors (Lipinski definition) is 6. The molecule has 7 aromatic carbocycles. The van der Waals surface area contributed by atoms with Crippen LogP contribution in [0.1, 0.15) is 22.9 Å². The molecule has 10 aromatic rings. The standard InChI is InChI=1S/C50H33N5S2/c1-3-12-30(13-4-1)32-22-23-35-34-16-7-9-20-42(34)55(43(35)26-32)33-27-40-37-24-25-51-29-45(37)57-47(40)41(28-33)50-53-48(31-14-5-2-6-15-31)52-49(54-50)39-19-11-18-38-36-17-8-10-21-44(36)56-46(38)39/h1-24,26-29,49,51H,25H2,(H,52,53,54). The number of amidine groups is 2. The third-order valence-electron chi connectivity index (χ3n) is 11.3. The van der Waals surface area contributed by atoms with Crippen LogP contribution in [-0.4, -0.2) is 22.8 Å². The largest absolute Gasteiger partial charge is 0.386 e. The Morgan fingerprint density at radius 1 is 0.579 bits per heavy atom. The van der Waals surface area contributed by atoms with E-state index in [1.54, 1.807) is 11.3 Å². The fourth-order valence-corrected chi connectivity index (χ4v) is 11.1. The molecule has 0 amide bonds. The number of nitrogens with zero attached hydrogens (tertiary/aromatic N) is 3. The molecule has 0 saturated carbocycles. The van der Waals surface area contributed by atoms with Crippen LogP contribution in [0.2, 0.25) is 0 Å². The second-order valence-electron chi connectivity index (χ2n) is 14.6. The first-order chi connectivity index (χ1) is 28.2. The summed E-state index contributed by atoms with van der Waals surface area (Å²) in [7, 11) is 0. The maximum Gasteiger partial charge on any atom is 0.160 e. The number of nitrogens with one attached hydrogen (secondary N) is 2. The summed E-state index contributed by atoms with van der Waals surface area (Å²) in [5.41, 5.74) is 9.00. The molecule has 0 radical (unpaired) electrons. The molecule has 2 aliphatic heterocycles. The van der Waals surface area contributed by atoms with Crippen molar-refractivity contribution in [2.24, 2.45) is 9.98 Å². The lowest BCUT2D eigenvalue weighted by Crippen LogP contribution is -2.33.